The van der Waals surface area contributed by atoms with Crippen LogP contribution in [-0.2, 0) is 24.8 Å². The highest BCUT2D eigenvalue weighted by molar-refractivity contribution is 7.93. The lowest BCUT2D eigenvalue weighted by atomic mass is 10.3. The highest BCUT2D eigenvalue weighted by Gasteiger charge is 2.33. The van der Waals surface area contributed by atoms with Gasteiger partial charge in [0.25, 0.3) is 10.0 Å². The molecule has 9 nitrogen and oxygen atoms in total. The minimum Gasteiger partial charge on any atom is -0.321 e. The van der Waals surface area contributed by atoms with Crippen LogP contribution in [0.2, 0.25) is 0 Å². The highest BCUT2D eigenvalue weighted by Crippen LogP contribution is 2.31. The molecule has 3 N–H and O–H groups in total. The van der Waals surface area contributed by atoms with Gasteiger partial charge in [0.05, 0.1) is 15.5 Å². The number of benzene rings is 1. The number of aromatic nitrogens is 1. The number of rotatable bonds is 3. The summed E-state index contributed by atoms with van der Waals surface area (Å²) >= 11 is 0. The predicted octanol–water partition coefficient (Wildman–Crippen LogP) is -0.124. The molecule has 0 atom stereocenters. The van der Waals surface area contributed by atoms with Crippen molar-refractivity contribution in [3.05, 3.63) is 42.6 Å². The number of sulfonamides is 2. The van der Waals surface area contributed by atoms with E-state index < -0.39 is 32.5 Å². The first-order valence-corrected chi connectivity index (χ1v) is 9.59. The van der Waals surface area contributed by atoms with Crippen molar-refractivity contribution in [3.63, 3.8) is 0 Å². The second-order valence-electron chi connectivity index (χ2n) is 4.95. The maximum atomic E-state index is 12.8. The lowest BCUT2D eigenvalue weighted by Crippen LogP contribution is -2.42. The smallest absolute Gasteiger partial charge is 0.266 e. The minimum atomic E-state index is -4.10. The minimum absolute atomic E-state index is 0.0904. The van der Waals surface area contributed by atoms with E-state index in [4.69, 9.17) is 5.14 Å². The van der Waals surface area contributed by atoms with Gasteiger partial charge < -0.3 is 5.32 Å². The van der Waals surface area contributed by atoms with Crippen LogP contribution in [0.5, 0.6) is 0 Å². The molecule has 1 amide bonds. The number of hydrogen-bond acceptors (Lipinski definition) is 6. The summed E-state index contributed by atoms with van der Waals surface area (Å²) < 4.78 is 48.9. The molecule has 0 unspecified atom stereocenters. The third kappa shape index (κ3) is 2.84. The molecule has 0 bridgehead atoms. The van der Waals surface area contributed by atoms with E-state index >= 15 is 0 Å². The Morgan fingerprint density at radius 2 is 1.67 bits per heavy atom. The highest BCUT2D eigenvalue weighted by atomic mass is 32.2. The Bertz CT molecular complexity index is 1020. The van der Waals surface area contributed by atoms with Crippen LogP contribution in [0, 0.1) is 0 Å². The van der Waals surface area contributed by atoms with E-state index in [-0.39, 0.29) is 21.3 Å². The Balaban J connectivity index is 2.07. The van der Waals surface area contributed by atoms with E-state index in [9.17, 15) is 21.6 Å². The van der Waals surface area contributed by atoms with E-state index in [0.717, 1.165) is 28.6 Å². The van der Waals surface area contributed by atoms with E-state index in [0.29, 0.717) is 0 Å². The number of nitrogens with two attached hydrogens (primary N) is 1. The predicted molar refractivity (Wildman–Crippen MR) is 85.2 cm³/mol. The lowest BCUT2D eigenvalue weighted by molar-refractivity contribution is -0.115. The number of carbonyl (C=O) groups excluding carboxylic acids is 1. The van der Waals surface area contributed by atoms with Gasteiger partial charge in [-0.3, -0.25) is 4.79 Å². The maximum Gasteiger partial charge on any atom is 0.266 e. The molecule has 1 aromatic heterocycles. The van der Waals surface area contributed by atoms with E-state index in [2.05, 4.69) is 10.3 Å². The van der Waals surface area contributed by atoms with Crippen molar-refractivity contribution in [1.82, 2.24) is 4.98 Å². The molecule has 1 aliphatic rings. The van der Waals surface area contributed by atoms with E-state index in [1.54, 1.807) is 6.07 Å². The van der Waals surface area contributed by atoms with Crippen LogP contribution in [0.25, 0.3) is 0 Å². The van der Waals surface area contributed by atoms with Crippen LogP contribution in [0.3, 0.4) is 0 Å². The number of nitrogens with zero attached hydrogens (tertiary/aromatic N) is 2. The summed E-state index contributed by atoms with van der Waals surface area (Å²) in [5.74, 6) is -0.409. The molecule has 11 heteroatoms. The molecular formula is C13H12N4O5S2. The molecule has 2 heterocycles. The van der Waals surface area contributed by atoms with Crippen molar-refractivity contribution in [1.29, 1.82) is 0 Å². The van der Waals surface area contributed by atoms with Gasteiger partial charge >= 0.3 is 0 Å². The zero-order valence-corrected chi connectivity index (χ0v) is 13.7. The number of pyridine rings is 1. The van der Waals surface area contributed by atoms with Crippen LogP contribution >= 0.6 is 0 Å². The fourth-order valence-corrected chi connectivity index (χ4v) is 4.13. The molecule has 0 saturated carbocycles. The number of amides is 1. The van der Waals surface area contributed by atoms with Crippen LogP contribution in [-0.4, -0.2) is 34.3 Å². The number of fused-ring (bicyclic) bond motifs is 1. The molecule has 1 aliphatic heterocycles. The molecule has 24 heavy (non-hydrogen) atoms. The topological polar surface area (TPSA) is 140 Å². The number of carbonyl (C=O) groups is 1. The van der Waals surface area contributed by atoms with E-state index in [1.165, 1.54) is 12.3 Å². The first-order chi connectivity index (χ1) is 11.2. The SMILES string of the molecule is NS(=O)(=O)c1ccc(S(=O)(=O)N2CC(=O)Nc3cccnc32)cc1. The summed E-state index contributed by atoms with van der Waals surface area (Å²) in [5.41, 5.74) is 0.276. The average molecular weight is 368 g/mol. The summed E-state index contributed by atoms with van der Waals surface area (Å²) in [6, 6.07) is 7.51. The Morgan fingerprint density at radius 1 is 1.04 bits per heavy atom. The summed E-state index contributed by atoms with van der Waals surface area (Å²) in [7, 11) is -8.03. The second-order valence-corrected chi connectivity index (χ2v) is 8.37. The molecule has 126 valence electrons. The number of primary sulfonamides is 1. The Morgan fingerprint density at radius 3 is 2.29 bits per heavy atom. The van der Waals surface area contributed by atoms with Crippen LogP contribution in [0.15, 0.2) is 52.4 Å². The average Bonchev–Trinajstić information content (AvgIpc) is 2.53. The fraction of sp³-hybridized carbons (Fsp3) is 0.0769. The first kappa shape index (κ1) is 16.4. The molecular weight excluding hydrogens is 356 g/mol. The summed E-state index contributed by atoms with van der Waals surface area (Å²) in [6.07, 6.45) is 1.41. The quantitative estimate of drug-likeness (QED) is 0.774. The van der Waals surface area contributed by atoms with Gasteiger partial charge in [-0.05, 0) is 36.4 Å². The third-order valence-corrected chi connectivity index (χ3v) is 6.00. The van der Waals surface area contributed by atoms with Gasteiger partial charge in [-0.25, -0.2) is 31.3 Å². The van der Waals surface area contributed by atoms with Gasteiger partial charge in [-0.2, -0.15) is 0 Å². The third-order valence-electron chi connectivity index (χ3n) is 3.32. The molecule has 2 aromatic rings. The molecule has 0 saturated heterocycles. The Kier molecular flexibility index (Phi) is 3.78. The van der Waals surface area contributed by atoms with Gasteiger partial charge in [0.15, 0.2) is 5.82 Å². The number of nitrogens with one attached hydrogen (secondary N) is 1. The summed E-state index contributed by atoms with van der Waals surface area (Å²) in [6.45, 7) is -0.427. The van der Waals surface area contributed by atoms with Crippen molar-refractivity contribution < 1.29 is 21.6 Å². The lowest BCUT2D eigenvalue weighted by Gasteiger charge is -2.28. The molecule has 0 aliphatic carbocycles. The zero-order chi connectivity index (χ0) is 17.5. The molecule has 0 fully saturated rings. The molecule has 1 aromatic carbocycles. The summed E-state index contributed by atoms with van der Waals surface area (Å²) in [4.78, 5) is 15.4. The molecule has 0 spiro atoms. The normalized spacial score (nSPS) is 14.9. The van der Waals surface area contributed by atoms with Crippen LogP contribution in [0.1, 0.15) is 0 Å². The van der Waals surface area contributed by atoms with Crippen molar-refractivity contribution in [2.24, 2.45) is 5.14 Å². The van der Waals surface area contributed by atoms with Gasteiger partial charge in [0.2, 0.25) is 15.9 Å². The Hall–Kier alpha value is -2.50. The van der Waals surface area contributed by atoms with Crippen molar-refractivity contribution in [2.45, 2.75) is 9.79 Å². The van der Waals surface area contributed by atoms with E-state index in [1.807, 2.05) is 0 Å². The van der Waals surface area contributed by atoms with Crippen molar-refractivity contribution in [3.8, 4) is 0 Å². The first-order valence-electron chi connectivity index (χ1n) is 6.60. The second kappa shape index (κ2) is 5.54. The zero-order valence-electron chi connectivity index (χ0n) is 12.1. The van der Waals surface area contributed by atoms with Crippen LogP contribution in [0.4, 0.5) is 11.5 Å². The van der Waals surface area contributed by atoms with Crippen molar-refractivity contribution in [2.75, 3.05) is 16.2 Å². The fourth-order valence-electron chi connectivity index (χ4n) is 2.22. The van der Waals surface area contributed by atoms with Gasteiger partial charge in [0.1, 0.15) is 6.54 Å². The Labute approximate surface area is 138 Å². The number of hydrogen-bond donors (Lipinski definition) is 2. The van der Waals surface area contributed by atoms with Gasteiger partial charge in [0, 0.05) is 6.20 Å². The van der Waals surface area contributed by atoms with Gasteiger partial charge in [-0.1, -0.05) is 0 Å². The van der Waals surface area contributed by atoms with Crippen LogP contribution < -0.4 is 14.8 Å². The standard InChI is InChI=1S/C13H12N4O5S2/c14-23(19,20)9-3-5-10(6-4-9)24(21,22)17-8-12(18)16-11-2-1-7-15-13(11)17/h1-7H,8H2,(H,16,18)(H2,14,19,20). The van der Waals surface area contributed by atoms with Gasteiger partial charge in [-0.15, -0.1) is 0 Å². The summed E-state index contributed by atoms with van der Waals surface area (Å²) in [5, 5.41) is 7.53. The molecule has 0 radical (unpaired) electrons. The monoisotopic (exact) mass is 368 g/mol. The largest absolute Gasteiger partial charge is 0.321 e. The molecule has 3 rings (SSSR count). The maximum absolute atomic E-state index is 12.8. The van der Waals surface area contributed by atoms with Crippen molar-refractivity contribution >= 4 is 37.5 Å². The number of anilines is 2.